The zero-order chi connectivity index (χ0) is 16.3. The lowest BCUT2D eigenvalue weighted by Crippen LogP contribution is -2.29. The fraction of sp³-hybridized carbons (Fsp3) is 0.500. The summed E-state index contributed by atoms with van der Waals surface area (Å²) < 4.78 is 9.38. The molecule has 2 rings (SSSR count). The van der Waals surface area contributed by atoms with Gasteiger partial charge in [0.05, 0.1) is 19.6 Å². The first kappa shape index (κ1) is 16.5. The Morgan fingerprint density at radius 3 is 2.45 bits per heavy atom. The van der Waals surface area contributed by atoms with E-state index in [1.807, 2.05) is 0 Å². The Morgan fingerprint density at radius 2 is 1.91 bits per heavy atom. The Labute approximate surface area is 128 Å². The number of aliphatic hydroxyl groups is 2. The van der Waals surface area contributed by atoms with Crippen molar-refractivity contribution in [2.24, 2.45) is 5.92 Å². The number of hydrogen-bond donors (Lipinski definition) is 2. The molecule has 0 heterocycles. The molecule has 1 saturated carbocycles. The first-order chi connectivity index (χ1) is 10.5. The number of carbonyl (C=O) groups excluding carboxylic acids is 2. The minimum Gasteiger partial charge on any atom is -0.467 e. The molecule has 0 aromatic heterocycles. The summed E-state index contributed by atoms with van der Waals surface area (Å²) in [6.07, 6.45) is -2.21. The molecule has 0 radical (unpaired) electrons. The van der Waals surface area contributed by atoms with E-state index in [4.69, 9.17) is 4.74 Å². The van der Waals surface area contributed by atoms with E-state index in [0.29, 0.717) is 12.2 Å². The van der Waals surface area contributed by atoms with Crippen molar-refractivity contribution in [1.29, 1.82) is 0 Å². The van der Waals surface area contributed by atoms with Crippen molar-refractivity contribution in [2.75, 3.05) is 13.7 Å². The Bertz CT molecular complexity index is 538. The largest absolute Gasteiger partial charge is 0.467 e. The van der Waals surface area contributed by atoms with Crippen molar-refractivity contribution in [1.82, 2.24) is 0 Å². The van der Waals surface area contributed by atoms with Crippen LogP contribution in [0.25, 0.3) is 0 Å². The van der Waals surface area contributed by atoms with Crippen molar-refractivity contribution < 1.29 is 29.3 Å². The Hall–Kier alpha value is -1.92. The van der Waals surface area contributed by atoms with Gasteiger partial charge in [0, 0.05) is 0 Å². The number of hydrogen-bond acceptors (Lipinski definition) is 6. The summed E-state index contributed by atoms with van der Waals surface area (Å²) >= 11 is 0. The van der Waals surface area contributed by atoms with Gasteiger partial charge in [-0.15, -0.1) is 0 Å². The zero-order valence-corrected chi connectivity index (χ0v) is 12.6. The summed E-state index contributed by atoms with van der Waals surface area (Å²) in [5.74, 6) is -1.04. The molecule has 0 aliphatic heterocycles. The maximum atomic E-state index is 11.6. The van der Waals surface area contributed by atoms with Gasteiger partial charge in [-0.3, -0.25) is 4.79 Å². The lowest BCUT2D eigenvalue weighted by molar-refractivity contribution is -0.156. The summed E-state index contributed by atoms with van der Waals surface area (Å²) in [5, 5.41) is 19.5. The van der Waals surface area contributed by atoms with Crippen molar-refractivity contribution in [3.63, 3.8) is 0 Å². The van der Waals surface area contributed by atoms with Gasteiger partial charge < -0.3 is 19.7 Å². The molecular formula is C16H20O6. The second kappa shape index (κ2) is 6.89. The molecule has 0 saturated heterocycles. The topological polar surface area (TPSA) is 93.1 Å². The van der Waals surface area contributed by atoms with Gasteiger partial charge in [-0.25, -0.2) is 4.79 Å². The molecule has 1 aromatic carbocycles. The van der Waals surface area contributed by atoms with Crippen LogP contribution in [-0.2, 0) is 19.1 Å². The molecule has 1 aromatic rings. The number of methoxy groups -OCH3 is 1. The van der Waals surface area contributed by atoms with Crippen LogP contribution in [0.3, 0.4) is 0 Å². The van der Waals surface area contributed by atoms with E-state index >= 15 is 0 Å². The average Bonchev–Trinajstić information content (AvgIpc) is 3.34. The minimum absolute atomic E-state index is 0.101. The minimum atomic E-state index is -1.62. The second-order valence-electron chi connectivity index (χ2n) is 5.28. The fourth-order valence-electron chi connectivity index (χ4n) is 2.45. The number of rotatable bonds is 6. The monoisotopic (exact) mass is 308 g/mol. The third-order valence-electron chi connectivity index (χ3n) is 3.83. The fourth-order valence-corrected chi connectivity index (χ4v) is 2.45. The van der Waals surface area contributed by atoms with Gasteiger partial charge in [0.15, 0.2) is 6.10 Å². The predicted molar refractivity (Wildman–Crippen MR) is 76.9 cm³/mol. The standard InChI is InChI=1S/C16H20O6/c1-3-22-15(19)12-8-11(12)9-4-6-10(7-5-9)13(17)14(18)16(20)21-2/h4-7,11-14,17-18H,3,8H2,1-2H3/t11-,12+,13+,14-/m1/s1. The van der Waals surface area contributed by atoms with Crippen LogP contribution in [0, 0.1) is 5.92 Å². The molecule has 6 nitrogen and oxygen atoms in total. The van der Waals surface area contributed by atoms with E-state index in [9.17, 15) is 19.8 Å². The molecule has 1 fully saturated rings. The highest BCUT2D eigenvalue weighted by Crippen LogP contribution is 2.48. The SMILES string of the molecule is CCOC(=O)[C@H]1C[C@@H]1c1ccc([C@H](O)[C@@H](O)C(=O)OC)cc1. The summed E-state index contributed by atoms with van der Waals surface area (Å²) in [6.45, 7) is 2.15. The van der Waals surface area contributed by atoms with Gasteiger partial charge in [-0.05, 0) is 30.4 Å². The van der Waals surface area contributed by atoms with Crippen LogP contribution < -0.4 is 0 Å². The molecule has 0 bridgehead atoms. The van der Waals surface area contributed by atoms with Crippen LogP contribution in [0.1, 0.15) is 36.5 Å². The van der Waals surface area contributed by atoms with E-state index in [0.717, 1.165) is 19.1 Å². The van der Waals surface area contributed by atoms with E-state index in [2.05, 4.69) is 4.74 Å². The molecule has 0 spiro atoms. The third-order valence-corrected chi connectivity index (χ3v) is 3.83. The normalized spacial score (nSPS) is 22.5. The van der Waals surface area contributed by atoms with E-state index in [1.54, 1.807) is 31.2 Å². The van der Waals surface area contributed by atoms with Crippen LogP contribution in [0.4, 0.5) is 0 Å². The van der Waals surface area contributed by atoms with Crippen LogP contribution in [0.15, 0.2) is 24.3 Å². The van der Waals surface area contributed by atoms with Gasteiger partial charge >= 0.3 is 11.9 Å². The summed E-state index contributed by atoms with van der Waals surface area (Å²) in [7, 11) is 1.14. The van der Waals surface area contributed by atoms with Gasteiger partial charge in [-0.1, -0.05) is 24.3 Å². The molecule has 1 aliphatic rings. The van der Waals surface area contributed by atoms with Crippen molar-refractivity contribution in [3.8, 4) is 0 Å². The van der Waals surface area contributed by atoms with Crippen molar-refractivity contribution in [3.05, 3.63) is 35.4 Å². The number of benzene rings is 1. The predicted octanol–water partition coefficient (Wildman–Crippen LogP) is 0.920. The quantitative estimate of drug-likeness (QED) is 0.759. The average molecular weight is 308 g/mol. The first-order valence-electron chi connectivity index (χ1n) is 7.20. The molecule has 2 N–H and O–H groups in total. The molecule has 22 heavy (non-hydrogen) atoms. The third kappa shape index (κ3) is 3.45. The number of aliphatic hydroxyl groups excluding tert-OH is 2. The molecule has 6 heteroatoms. The molecule has 0 amide bonds. The number of carbonyl (C=O) groups is 2. The van der Waals surface area contributed by atoms with E-state index in [1.165, 1.54) is 0 Å². The Kier molecular flexibility index (Phi) is 5.15. The molecule has 0 unspecified atom stereocenters. The maximum absolute atomic E-state index is 11.6. The summed E-state index contributed by atoms with van der Waals surface area (Å²) in [6, 6.07) is 6.83. The van der Waals surface area contributed by atoms with Gasteiger partial charge in [0.25, 0.3) is 0 Å². The van der Waals surface area contributed by atoms with E-state index in [-0.39, 0.29) is 17.8 Å². The molecule has 4 atom stereocenters. The Morgan fingerprint density at radius 1 is 1.27 bits per heavy atom. The van der Waals surface area contributed by atoms with Crippen molar-refractivity contribution in [2.45, 2.75) is 31.5 Å². The highest BCUT2D eigenvalue weighted by molar-refractivity contribution is 5.77. The smallest absolute Gasteiger partial charge is 0.337 e. The lowest BCUT2D eigenvalue weighted by atomic mass is 10.0. The molecular weight excluding hydrogens is 288 g/mol. The van der Waals surface area contributed by atoms with E-state index < -0.39 is 18.2 Å². The Balaban J connectivity index is 2.00. The molecule has 1 aliphatic carbocycles. The summed E-state index contributed by atoms with van der Waals surface area (Å²) in [5.41, 5.74) is 1.39. The molecule has 120 valence electrons. The zero-order valence-electron chi connectivity index (χ0n) is 12.6. The highest BCUT2D eigenvalue weighted by atomic mass is 16.5. The van der Waals surface area contributed by atoms with Crippen LogP contribution in [-0.4, -0.2) is 42.0 Å². The lowest BCUT2D eigenvalue weighted by Gasteiger charge is -2.16. The first-order valence-corrected chi connectivity index (χ1v) is 7.20. The number of esters is 2. The van der Waals surface area contributed by atoms with Crippen LogP contribution in [0.2, 0.25) is 0 Å². The van der Waals surface area contributed by atoms with Gasteiger partial charge in [-0.2, -0.15) is 0 Å². The summed E-state index contributed by atoms with van der Waals surface area (Å²) in [4.78, 5) is 22.8. The maximum Gasteiger partial charge on any atom is 0.337 e. The van der Waals surface area contributed by atoms with Crippen LogP contribution in [0.5, 0.6) is 0 Å². The van der Waals surface area contributed by atoms with Gasteiger partial charge in [0.1, 0.15) is 6.10 Å². The van der Waals surface area contributed by atoms with Crippen molar-refractivity contribution >= 4 is 11.9 Å². The highest BCUT2D eigenvalue weighted by Gasteiger charge is 2.45. The number of ether oxygens (including phenoxy) is 2. The van der Waals surface area contributed by atoms with Gasteiger partial charge in [0.2, 0.25) is 0 Å². The second-order valence-corrected chi connectivity index (χ2v) is 5.28. The van der Waals surface area contributed by atoms with Crippen LogP contribution >= 0.6 is 0 Å².